The second-order valence-corrected chi connectivity index (χ2v) is 7.55. The maximum atomic E-state index is 12.7. The molecule has 4 aromatic rings. The Labute approximate surface area is 180 Å². The van der Waals surface area contributed by atoms with Crippen LogP contribution in [0.5, 0.6) is 0 Å². The van der Waals surface area contributed by atoms with E-state index in [1.165, 1.54) is 0 Å². The fourth-order valence-electron chi connectivity index (χ4n) is 3.81. The van der Waals surface area contributed by atoms with Gasteiger partial charge in [-0.25, -0.2) is 4.79 Å². The van der Waals surface area contributed by atoms with Crippen molar-refractivity contribution in [3.05, 3.63) is 77.1 Å². The normalized spacial score (nSPS) is 11.1. The summed E-state index contributed by atoms with van der Waals surface area (Å²) in [6.45, 7) is 6.54. The number of ether oxygens (including phenoxy) is 1. The van der Waals surface area contributed by atoms with Crippen LogP contribution in [-0.2, 0) is 11.3 Å². The molecule has 6 nitrogen and oxygen atoms in total. The highest BCUT2D eigenvalue weighted by Gasteiger charge is 2.19. The zero-order chi connectivity index (χ0) is 22.0. The molecule has 6 heteroatoms. The monoisotopic (exact) mass is 416 g/mol. The minimum absolute atomic E-state index is 0.208. The quantitative estimate of drug-likeness (QED) is 0.299. The maximum absolute atomic E-state index is 12.7. The Morgan fingerprint density at radius 2 is 1.84 bits per heavy atom. The van der Waals surface area contributed by atoms with E-state index in [1.807, 2.05) is 50.2 Å². The fourth-order valence-corrected chi connectivity index (χ4v) is 3.81. The number of aryl methyl sites for hydroxylation is 1. The van der Waals surface area contributed by atoms with Gasteiger partial charge in [0.1, 0.15) is 5.52 Å². The number of hydrogen-bond donors (Lipinski definition) is 0. The van der Waals surface area contributed by atoms with E-state index in [9.17, 15) is 9.59 Å². The lowest BCUT2D eigenvalue weighted by atomic mass is 10.1. The Morgan fingerprint density at radius 1 is 1.06 bits per heavy atom. The second kappa shape index (κ2) is 8.60. The first kappa shape index (κ1) is 20.6. The van der Waals surface area contributed by atoms with Crippen LogP contribution in [0.15, 0.2) is 59.1 Å². The summed E-state index contributed by atoms with van der Waals surface area (Å²) >= 11 is 0. The Hall–Kier alpha value is -3.67. The van der Waals surface area contributed by atoms with Gasteiger partial charge in [-0.1, -0.05) is 42.4 Å². The third-order valence-electron chi connectivity index (χ3n) is 5.40. The summed E-state index contributed by atoms with van der Waals surface area (Å²) in [6, 6.07) is 16.4. The van der Waals surface area contributed by atoms with Crippen molar-refractivity contribution in [2.24, 2.45) is 0 Å². The molecular weight excluding hydrogens is 392 g/mol. The minimum Gasteiger partial charge on any atom is -0.454 e. The first-order valence-electron chi connectivity index (χ1n) is 10.3. The maximum Gasteiger partial charge on any atom is 0.338 e. The number of esters is 1. The van der Waals surface area contributed by atoms with Crippen LogP contribution < -0.4 is 0 Å². The smallest absolute Gasteiger partial charge is 0.338 e. The van der Waals surface area contributed by atoms with Crippen molar-refractivity contribution >= 4 is 22.7 Å². The molecule has 2 heterocycles. The van der Waals surface area contributed by atoms with Gasteiger partial charge in [0.15, 0.2) is 12.4 Å². The highest BCUT2D eigenvalue weighted by molar-refractivity contribution is 6.02. The molecule has 0 amide bonds. The van der Waals surface area contributed by atoms with E-state index in [0.29, 0.717) is 22.4 Å². The molecule has 2 aromatic heterocycles. The summed E-state index contributed by atoms with van der Waals surface area (Å²) < 4.78 is 12.9. The third-order valence-corrected chi connectivity index (χ3v) is 5.40. The van der Waals surface area contributed by atoms with E-state index in [4.69, 9.17) is 9.26 Å². The molecule has 0 N–H and O–H groups in total. The number of ketones is 1. The summed E-state index contributed by atoms with van der Waals surface area (Å²) in [5.41, 5.74) is 4.39. The number of carbonyl (C=O) groups is 2. The van der Waals surface area contributed by atoms with Gasteiger partial charge in [0.05, 0.1) is 10.9 Å². The van der Waals surface area contributed by atoms with Crippen molar-refractivity contribution in [1.82, 2.24) is 9.72 Å². The van der Waals surface area contributed by atoms with Crippen molar-refractivity contribution in [2.75, 3.05) is 6.61 Å². The number of hydrogen-bond acceptors (Lipinski definition) is 5. The Bertz CT molecular complexity index is 1250. The van der Waals surface area contributed by atoms with E-state index in [2.05, 4.69) is 16.6 Å². The van der Waals surface area contributed by atoms with Crippen LogP contribution in [0.25, 0.3) is 22.2 Å². The standard InChI is InChI=1S/C25H24N2O4/c1-4-12-27-16(2)13-20(17(27)3)23(28)15-30-25(29)19-10-11-22-21(14-19)24(31-26-22)18-8-6-5-7-9-18/h5-11,13-14H,4,12,15H2,1-3H3. The summed E-state index contributed by atoms with van der Waals surface area (Å²) in [7, 11) is 0. The van der Waals surface area contributed by atoms with Crippen LogP contribution in [0, 0.1) is 13.8 Å². The van der Waals surface area contributed by atoms with E-state index in [-0.39, 0.29) is 12.4 Å². The lowest BCUT2D eigenvalue weighted by Gasteiger charge is -2.08. The second-order valence-electron chi connectivity index (χ2n) is 7.55. The van der Waals surface area contributed by atoms with Gasteiger partial charge >= 0.3 is 5.97 Å². The first-order chi connectivity index (χ1) is 15.0. The number of nitrogens with zero attached hydrogens (tertiary/aromatic N) is 2. The predicted octanol–water partition coefficient (Wildman–Crippen LogP) is 5.36. The lowest BCUT2D eigenvalue weighted by Crippen LogP contribution is -2.15. The van der Waals surface area contributed by atoms with Crippen molar-refractivity contribution < 1.29 is 18.8 Å². The van der Waals surface area contributed by atoms with E-state index in [0.717, 1.165) is 35.3 Å². The molecule has 0 aliphatic rings. The molecule has 0 fully saturated rings. The van der Waals surface area contributed by atoms with Gasteiger partial charge in [0.25, 0.3) is 0 Å². The fraction of sp³-hybridized carbons (Fsp3) is 0.240. The minimum atomic E-state index is -0.558. The van der Waals surface area contributed by atoms with Gasteiger partial charge in [0.2, 0.25) is 5.78 Å². The van der Waals surface area contributed by atoms with Crippen LogP contribution in [0.2, 0.25) is 0 Å². The van der Waals surface area contributed by atoms with Crippen LogP contribution in [0.3, 0.4) is 0 Å². The molecule has 0 saturated heterocycles. The highest BCUT2D eigenvalue weighted by atomic mass is 16.5. The number of benzene rings is 2. The van der Waals surface area contributed by atoms with Crippen molar-refractivity contribution in [3.63, 3.8) is 0 Å². The summed E-state index contributed by atoms with van der Waals surface area (Å²) in [4.78, 5) is 25.3. The molecule has 0 bridgehead atoms. The average molecular weight is 416 g/mol. The molecule has 0 unspecified atom stereocenters. The van der Waals surface area contributed by atoms with Crippen LogP contribution >= 0.6 is 0 Å². The van der Waals surface area contributed by atoms with Crippen LogP contribution in [-0.4, -0.2) is 28.1 Å². The topological polar surface area (TPSA) is 74.3 Å². The molecular formula is C25H24N2O4. The zero-order valence-corrected chi connectivity index (χ0v) is 17.8. The zero-order valence-electron chi connectivity index (χ0n) is 17.8. The Kier molecular flexibility index (Phi) is 5.71. The number of aromatic nitrogens is 2. The van der Waals surface area contributed by atoms with E-state index in [1.54, 1.807) is 18.2 Å². The molecule has 0 radical (unpaired) electrons. The van der Waals surface area contributed by atoms with Gasteiger partial charge in [-0.15, -0.1) is 0 Å². The van der Waals surface area contributed by atoms with Crippen LogP contribution in [0.1, 0.15) is 45.4 Å². The lowest BCUT2D eigenvalue weighted by molar-refractivity contribution is 0.0474. The molecule has 0 aliphatic carbocycles. The molecule has 0 atom stereocenters. The Morgan fingerprint density at radius 3 is 2.58 bits per heavy atom. The molecule has 0 spiro atoms. The van der Waals surface area contributed by atoms with Crippen molar-refractivity contribution in [2.45, 2.75) is 33.7 Å². The predicted molar refractivity (Wildman–Crippen MR) is 118 cm³/mol. The Balaban J connectivity index is 1.51. The third kappa shape index (κ3) is 4.01. The van der Waals surface area contributed by atoms with Crippen LogP contribution in [0.4, 0.5) is 0 Å². The van der Waals surface area contributed by atoms with Gasteiger partial charge in [-0.3, -0.25) is 4.79 Å². The number of fused-ring (bicyclic) bond motifs is 1. The molecule has 158 valence electrons. The van der Waals surface area contributed by atoms with Gasteiger partial charge in [-0.05, 0) is 44.5 Å². The summed E-state index contributed by atoms with van der Waals surface area (Å²) in [5.74, 6) is -0.178. The van der Waals surface area contributed by atoms with Crippen molar-refractivity contribution in [3.8, 4) is 11.3 Å². The molecule has 0 aliphatic heterocycles. The molecule has 2 aromatic carbocycles. The summed E-state index contributed by atoms with van der Waals surface area (Å²) in [6.07, 6.45) is 0.981. The molecule has 0 saturated carbocycles. The average Bonchev–Trinajstić information content (AvgIpc) is 3.34. The highest BCUT2D eigenvalue weighted by Crippen LogP contribution is 2.29. The van der Waals surface area contributed by atoms with Gasteiger partial charge in [0, 0.05) is 29.1 Å². The SMILES string of the molecule is CCCn1c(C)cc(C(=O)COC(=O)c2ccc3noc(-c4ccccc4)c3c2)c1C. The van der Waals surface area contributed by atoms with Gasteiger partial charge < -0.3 is 13.8 Å². The van der Waals surface area contributed by atoms with E-state index >= 15 is 0 Å². The number of rotatable bonds is 7. The largest absolute Gasteiger partial charge is 0.454 e. The summed E-state index contributed by atoms with van der Waals surface area (Å²) in [5, 5.41) is 4.78. The molecule has 31 heavy (non-hydrogen) atoms. The van der Waals surface area contributed by atoms with Gasteiger partial charge in [-0.2, -0.15) is 0 Å². The number of carbonyl (C=O) groups excluding carboxylic acids is 2. The van der Waals surface area contributed by atoms with Crippen molar-refractivity contribution in [1.29, 1.82) is 0 Å². The molecule has 4 rings (SSSR count). The van der Waals surface area contributed by atoms with E-state index < -0.39 is 5.97 Å². The first-order valence-corrected chi connectivity index (χ1v) is 10.3. The number of Topliss-reactive ketones (excluding diaryl/α,β-unsaturated/α-hetero) is 1.